The van der Waals surface area contributed by atoms with Gasteiger partial charge in [-0.25, -0.2) is 9.97 Å². The molecule has 0 spiro atoms. The molecule has 11 heteroatoms. The highest BCUT2D eigenvalue weighted by Crippen LogP contribution is 2.09. The van der Waals surface area contributed by atoms with Gasteiger partial charge in [-0.1, -0.05) is 16.5 Å². The maximum Gasteiger partial charge on any atom is 0.433 e. The van der Waals surface area contributed by atoms with E-state index in [1.165, 1.54) is 18.5 Å². The fourth-order valence-corrected chi connectivity index (χ4v) is 1.18. The standard InChI is InChI=1S/C5H5N3O2.C3H2BrN3O2/c1-2-4-3-6-5(7-4)8(9)10;4-2-1-5-3(6-2)7(8)9/h2-3H,1H2,(H,6,7);1H,(H,5,6). The maximum absolute atomic E-state index is 10.0. The molecule has 100 valence electrons. The number of aromatic nitrogens is 4. The third-order valence-electron chi connectivity index (χ3n) is 1.68. The van der Waals surface area contributed by atoms with Crippen LogP contribution in [0.2, 0.25) is 0 Å². The highest BCUT2D eigenvalue weighted by Gasteiger charge is 2.07. The smallest absolute Gasteiger partial charge is 0.390 e. The van der Waals surface area contributed by atoms with Gasteiger partial charge in [0.05, 0.1) is 0 Å². The highest BCUT2D eigenvalue weighted by atomic mass is 79.9. The van der Waals surface area contributed by atoms with Crippen molar-refractivity contribution in [1.82, 2.24) is 19.9 Å². The SMILES string of the molecule is C=Cc1cnc([N+](=O)[O-])[nH]1.O=[N+]([O-])c1ncc(Br)[nH]1. The molecule has 0 fully saturated rings. The molecule has 0 unspecified atom stereocenters. The zero-order valence-corrected chi connectivity index (χ0v) is 10.8. The second kappa shape index (κ2) is 6.39. The molecule has 2 N–H and O–H groups in total. The van der Waals surface area contributed by atoms with Crippen LogP contribution in [-0.2, 0) is 0 Å². The molecule has 0 aliphatic heterocycles. The van der Waals surface area contributed by atoms with Gasteiger partial charge in [0.2, 0.25) is 0 Å². The predicted octanol–water partition coefficient (Wildman–Crippen LogP) is 2.04. The van der Waals surface area contributed by atoms with Crippen LogP contribution in [0.25, 0.3) is 6.08 Å². The van der Waals surface area contributed by atoms with Gasteiger partial charge < -0.3 is 20.2 Å². The Labute approximate surface area is 114 Å². The minimum Gasteiger partial charge on any atom is -0.390 e. The molecule has 0 aliphatic carbocycles. The molecule has 19 heavy (non-hydrogen) atoms. The lowest BCUT2D eigenvalue weighted by Crippen LogP contribution is -1.88. The molecule has 0 amide bonds. The second-order valence-corrected chi connectivity index (χ2v) is 3.79. The molecule has 0 saturated carbocycles. The monoisotopic (exact) mass is 330 g/mol. The molecule has 2 heterocycles. The first-order valence-electron chi connectivity index (χ1n) is 4.60. The predicted molar refractivity (Wildman–Crippen MR) is 68.3 cm³/mol. The van der Waals surface area contributed by atoms with Gasteiger partial charge in [-0.15, -0.1) is 0 Å². The van der Waals surface area contributed by atoms with E-state index in [4.69, 9.17) is 0 Å². The number of nitrogens with zero attached hydrogens (tertiary/aromatic N) is 4. The Hall–Kier alpha value is -2.56. The molecule has 0 saturated heterocycles. The number of hydrogen-bond donors (Lipinski definition) is 2. The van der Waals surface area contributed by atoms with Crippen LogP contribution in [0.15, 0.2) is 23.6 Å². The Morgan fingerprint density at radius 3 is 1.95 bits per heavy atom. The van der Waals surface area contributed by atoms with E-state index in [1.54, 1.807) is 0 Å². The average molecular weight is 331 g/mol. The first-order valence-corrected chi connectivity index (χ1v) is 5.40. The summed E-state index contributed by atoms with van der Waals surface area (Å²) in [6.07, 6.45) is 4.14. The van der Waals surface area contributed by atoms with E-state index in [0.717, 1.165) is 0 Å². The zero-order valence-electron chi connectivity index (χ0n) is 9.24. The average Bonchev–Trinajstić information content (AvgIpc) is 2.97. The van der Waals surface area contributed by atoms with E-state index in [9.17, 15) is 20.2 Å². The fraction of sp³-hybridized carbons (Fsp3) is 0. The number of nitro groups is 2. The molecule has 10 nitrogen and oxygen atoms in total. The molecule has 0 aromatic carbocycles. The molecular weight excluding hydrogens is 324 g/mol. The Morgan fingerprint density at radius 2 is 1.68 bits per heavy atom. The minimum absolute atomic E-state index is 0.248. The van der Waals surface area contributed by atoms with Crippen molar-refractivity contribution >= 4 is 33.9 Å². The lowest BCUT2D eigenvalue weighted by Gasteiger charge is -1.85. The van der Waals surface area contributed by atoms with Gasteiger partial charge in [0.1, 0.15) is 11.9 Å². The van der Waals surface area contributed by atoms with E-state index in [-0.39, 0.29) is 11.9 Å². The lowest BCUT2D eigenvalue weighted by molar-refractivity contribution is -0.394. The van der Waals surface area contributed by atoms with E-state index >= 15 is 0 Å². The van der Waals surface area contributed by atoms with E-state index in [0.29, 0.717) is 10.3 Å². The summed E-state index contributed by atoms with van der Waals surface area (Å²) in [5.41, 5.74) is 0.548. The van der Waals surface area contributed by atoms with Gasteiger partial charge in [-0.3, -0.25) is 0 Å². The molecule has 2 rings (SSSR count). The highest BCUT2D eigenvalue weighted by molar-refractivity contribution is 9.10. The Kier molecular flexibility index (Phi) is 4.88. The van der Waals surface area contributed by atoms with Crippen molar-refractivity contribution in [2.24, 2.45) is 0 Å². The summed E-state index contributed by atoms with van der Waals surface area (Å²) in [7, 11) is 0. The summed E-state index contributed by atoms with van der Waals surface area (Å²) < 4.78 is 0.509. The van der Waals surface area contributed by atoms with Crippen molar-refractivity contribution in [3.8, 4) is 0 Å². The number of aromatic amines is 2. The summed E-state index contributed by atoms with van der Waals surface area (Å²) in [6.45, 7) is 3.41. The van der Waals surface area contributed by atoms with Gasteiger partial charge in [-0.2, -0.15) is 0 Å². The summed E-state index contributed by atoms with van der Waals surface area (Å²) in [6, 6.07) is 0. The summed E-state index contributed by atoms with van der Waals surface area (Å²) >= 11 is 2.98. The van der Waals surface area contributed by atoms with E-state index in [2.05, 4.69) is 42.4 Å². The number of imidazole rings is 2. The van der Waals surface area contributed by atoms with Crippen molar-refractivity contribution in [3.63, 3.8) is 0 Å². The van der Waals surface area contributed by atoms with E-state index in [1.807, 2.05) is 0 Å². The maximum atomic E-state index is 10.0. The normalized spacial score (nSPS) is 9.32. The van der Waals surface area contributed by atoms with Crippen molar-refractivity contribution in [2.75, 3.05) is 0 Å². The number of hydrogen-bond acceptors (Lipinski definition) is 6. The quantitative estimate of drug-likeness (QED) is 0.650. The van der Waals surface area contributed by atoms with Gasteiger partial charge in [-0.05, 0) is 31.9 Å². The van der Waals surface area contributed by atoms with Crippen LogP contribution in [0.4, 0.5) is 11.9 Å². The van der Waals surface area contributed by atoms with Gasteiger partial charge in [0, 0.05) is 0 Å². The molecule has 0 atom stereocenters. The van der Waals surface area contributed by atoms with Crippen molar-refractivity contribution < 1.29 is 9.85 Å². The number of halogens is 1. The second-order valence-electron chi connectivity index (χ2n) is 2.94. The Balaban J connectivity index is 0.000000191. The number of nitrogens with one attached hydrogen (secondary N) is 2. The van der Waals surface area contributed by atoms with Crippen molar-refractivity contribution in [2.45, 2.75) is 0 Å². The summed E-state index contributed by atoms with van der Waals surface area (Å²) in [5, 5.41) is 19.9. The fourth-order valence-electron chi connectivity index (χ4n) is 0.903. The Bertz CT molecular complexity index is 606. The third-order valence-corrected chi connectivity index (χ3v) is 2.08. The molecule has 0 aliphatic rings. The van der Waals surface area contributed by atoms with Gasteiger partial charge >= 0.3 is 11.9 Å². The molecule has 0 bridgehead atoms. The molecular formula is C8H7BrN6O4. The largest absolute Gasteiger partial charge is 0.433 e. The van der Waals surface area contributed by atoms with Crippen LogP contribution in [0.3, 0.4) is 0 Å². The van der Waals surface area contributed by atoms with Gasteiger partial charge in [0.25, 0.3) is 0 Å². The first-order chi connectivity index (χ1) is 8.93. The molecule has 2 aromatic heterocycles. The van der Waals surface area contributed by atoms with Crippen LogP contribution < -0.4 is 0 Å². The van der Waals surface area contributed by atoms with Crippen LogP contribution >= 0.6 is 15.9 Å². The summed E-state index contributed by atoms with van der Waals surface area (Å²) in [4.78, 5) is 30.4. The number of H-pyrrole nitrogens is 2. The Morgan fingerprint density at radius 1 is 1.16 bits per heavy atom. The van der Waals surface area contributed by atoms with E-state index < -0.39 is 9.85 Å². The lowest BCUT2D eigenvalue weighted by atomic mass is 10.5. The first kappa shape index (κ1) is 14.5. The summed E-state index contributed by atoms with van der Waals surface area (Å²) in [5.74, 6) is -0.503. The minimum atomic E-state index is -0.592. The third kappa shape index (κ3) is 4.31. The van der Waals surface area contributed by atoms with Crippen LogP contribution in [0, 0.1) is 20.2 Å². The topological polar surface area (TPSA) is 144 Å². The van der Waals surface area contributed by atoms with Crippen LogP contribution in [0.5, 0.6) is 0 Å². The number of rotatable bonds is 3. The van der Waals surface area contributed by atoms with Crippen molar-refractivity contribution in [3.05, 3.63) is 49.5 Å². The molecule has 2 aromatic rings. The van der Waals surface area contributed by atoms with Crippen LogP contribution in [-0.4, -0.2) is 29.8 Å². The van der Waals surface area contributed by atoms with Crippen LogP contribution in [0.1, 0.15) is 5.69 Å². The van der Waals surface area contributed by atoms with Gasteiger partial charge in [0.15, 0.2) is 10.8 Å². The zero-order chi connectivity index (χ0) is 14.4. The van der Waals surface area contributed by atoms with Crippen molar-refractivity contribution in [1.29, 1.82) is 0 Å². The molecule has 0 radical (unpaired) electrons.